The Balaban J connectivity index is 3.07. The fourth-order valence-corrected chi connectivity index (χ4v) is 2.02. The van der Waals surface area contributed by atoms with E-state index in [-0.39, 0.29) is 6.42 Å². The fraction of sp³-hybridized carbons (Fsp3) is 0.500. The number of aryl methyl sites for hydroxylation is 1. The smallest absolute Gasteiger partial charge is 0.315 e. The van der Waals surface area contributed by atoms with Crippen molar-refractivity contribution < 1.29 is 19.4 Å². The molecule has 3 N–H and O–H groups in total. The summed E-state index contributed by atoms with van der Waals surface area (Å²) in [5.41, 5.74) is 7.00. The van der Waals surface area contributed by atoms with Crippen molar-refractivity contribution >= 4 is 11.9 Å². The third-order valence-corrected chi connectivity index (χ3v) is 2.94. The van der Waals surface area contributed by atoms with Crippen molar-refractivity contribution in [1.29, 1.82) is 0 Å². The van der Waals surface area contributed by atoms with E-state index in [0.717, 1.165) is 5.56 Å². The highest BCUT2D eigenvalue weighted by atomic mass is 16.6. The van der Waals surface area contributed by atoms with Gasteiger partial charge in [0.25, 0.3) is 0 Å². The summed E-state index contributed by atoms with van der Waals surface area (Å²) < 4.78 is 5.38. The van der Waals surface area contributed by atoms with E-state index in [1.165, 1.54) is 0 Å². The highest BCUT2D eigenvalue weighted by molar-refractivity contribution is 5.81. The molecular weight excluding hydrogens is 270 g/mol. The van der Waals surface area contributed by atoms with Crippen LogP contribution in [0.4, 0.5) is 0 Å². The van der Waals surface area contributed by atoms with Crippen LogP contribution in [-0.2, 0) is 14.3 Å². The second kappa shape index (κ2) is 6.72. The maximum absolute atomic E-state index is 12.4. The van der Waals surface area contributed by atoms with Crippen LogP contribution in [0.2, 0.25) is 0 Å². The van der Waals surface area contributed by atoms with Gasteiger partial charge in [-0.05, 0) is 33.3 Å². The molecule has 0 fully saturated rings. The molecule has 0 aliphatic carbocycles. The number of carboxylic acids is 1. The Hall–Kier alpha value is -1.88. The molecule has 116 valence electrons. The van der Waals surface area contributed by atoms with Crippen molar-refractivity contribution in [2.45, 2.75) is 51.7 Å². The van der Waals surface area contributed by atoms with Crippen LogP contribution < -0.4 is 5.73 Å². The van der Waals surface area contributed by atoms with Gasteiger partial charge in [0, 0.05) is 6.04 Å². The summed E-state index contributed by atoms with van der Waals surface area (Å²) >= 11 is 0. The maximum Gasteiger partial charge on any atom is 0.315 e. The van der Waals surface area contributed by atoms with Crippen LogP contribution in [0.15, 0.2) is 24.3 Å². The van der Waals surface area contributed by atoms with Crippen molar-refractivity contribution in [2.75, 3.05) is 0 Å². The lowest BCUT2D eigenvalue weighted by atomic mass is 9.89. The number of rotatable bonds is 5. The zero-order valence-corrected chi connectivity index (χ0v) is 12.9. The summed E-state index contributed by atoms with van der Waals surface area (Å²) in [6.45, 7) is 7.23. The van der Waals surface area contributed by atoms with Crippen LogP contribution in [-0.4, -0.2) is 28.7 Å². The average molecular weight is 293 g/mol. The summed E-state index contributed by atoms with van der Waals surface area (Å²) in [6, 6.07) is 6.46. The van der Waals surface area contributed by atoms with E-state index in [4.69, 9.17) is 15.6 Å². The highest BCUT2D eigenvalue weighted by Gasteiger charge is 2.32. The van der Waals surface area contributed by atoms with Crippen molar-refractivity contribution in [3.63, 3.8) is 0 Å². The van der Waals surface area contributed by atoms with Gasteiger partial charge >= 0.3 is 11.9 Å². The summed E-state index contributed by atoms with van der Waals surface area (Å²) in [7, 11) is 0. The first-order valence-electron chi connectivity index (χ1n) is 6.87. The Kier molecular flexibility index (Phi) is 5.49. The third kappa shape index (κ3) is 5.55. The van der Waals surface area contributed by atoms with E-state index in [9.17, 15) is 9.59 Å². The van der Waals surface area contributed by atoms with Crippen molar-refractivity contribution in [3.8, 4) is 0 Å². The molecule has 0 saturated carbocycles. The maximum atomic E-state index is 12.4. The van der Waals surface area contributed by atoms with Gasteiger partial charge < -0.3 is 15.6 Å². The van der Waals surface area contributed by atoms with Gasteiger partial charge in [0.2, 0.25) is 0 Å². The second-order valence-electron chi connectivity index (χ2n) is 6.18. The minimum absolute atomic E-state index is 0.294. The molecule has 1 unspecified atom stereocenters. The zero-order valence-electron chi connectivity index (χ0n) is 12.9. The van der Waals surface area contributed by atoms with Gasteiger partial charge in [0.15, 0.2) is 0 Å². The van der Waals surface area contributed by atoms with Crippen LogP contribution in [0.25, 0.3) is 0 Å². The molecule has 2 atom stereocenters. The van der Waals surface area contributed by atoms with Gasteiger partial charge in [-0.2, -0.15) is 0 Å². The molecular formula is C16H23NO4. The minimum atomic E-state index is -1.04. The standard InChI is InChI=1S/C16H23NO4/c1-10-5-7-11(8-6-10)14(12(17)9-13(18)19)15(20)21-16(2,3)4/h5-8,12,14H,9,17H2,1-4H3,(H,18,19)/t12-,14?/m1/s1. The lowest BCUT2D eigenvalue weighted by molar-refractivity contribution is -0.157. The fourth-order valence-electron chi connectivity index (χ4n) is 2.02. The molecule has 0 aliphatic heterocycles. The number of benzene rings is 1. The van der Waals surface area contributed by atoms with E-state index >= 15 is 0 Å². The first-order valence-corrected chi connectivity index (χ1v) is 6.87. The van der Waals surface area contributed by atoms with Crippen LogP contribution >= 0.6 is 0 Å². The van der Waals surface area contributed by atoms with Gasteiger partial charge in [0.1, 0.15) is 5.60 Å². The Morgan fingerprint density at radius 2 is 1.76 bits per heavy atom. The summed E-state index contributed by atoms with van der Waals surface area (Å²) in [5.74, 6) is -2.33. The van der Waals surface area contributed by atoms with Gasteiger partial charge in [-0.25, -0.2) is 0 Å². The van der Waals surface area contributed by atoms with Gasteiger partial charge in [-0.3, -0.25) is 9.59 Å². The predicted molar refractivity (Wildman–Crippen MR) is 80.0 cm³/mol. The summed E-state index contributed by atoms with van der Waals surface area (Å²) in [6.07, 6.45) is -0.294. The Morgan fingerprint density at radius 1 is 1.24 bits per heavy atom. The zero-order chi connectivity index (χ0) is 16.2. The second-order valence-corrected chi connectivity index (χ2v) is 6.18. The average Bonchev–Trinajstić information content (AvgIpc) is 2.28. The van der Waals surface area contributed by atoms with Crippen molar-refractivity contribution in [3.05, 3.63) is 35.4 Å². The number of nitrogens with two attached hydrogens (primary N) is 1. The molecule has 1 aromatic carbocycles. The molecule has 0 spiro atoms. The number of hydrogen-bond donors (Lipinski definition) is 2. The largest absolute Gasteiger partial charge is 0.481 e. The molecule has 5 heteroatoms. The Morgan fingerprint density at radius 3 is 2.19 bits per heavy atom. The Bertz CT molecular complexity index is 502. The molecule has 0 heterocycles. The number of aliphatic carboxylic acids is 1. The van der Waals surface area contributed by atoms with Crippen molar-refractivity contribution in [1.82, 2.24) is 0 Å². The molecule has 0 aromatic heterocycles. The minimum Gasteiger partial charge on any atom is -0.481 e. The van der Waals surface area contributed by atoms with E-state index in [1.54, 1.807) is 32.9 Å². The molecule has 0 bridgehead atoms. The third-order valence-electron chi connectivity index (χ3n) is 2.94. The number of carbonyl (C=O) groups excluding carboxylic acids is 1. The van der Waals surface area contributed by atoms with Crippen LogP contribution in [0.1, 0.15) is 44.2 Å². The quantitative estimate of drug-likeness (QED) is 0.812. The topological polar surface area (TPSA) is 89.6 Å². The van der Waals surface area contributed by atoms with Crippen LogP contribution in [0.3, 0.4) is 0 Å². The molecule has 0 amide bonds. The predicted octanol–water partition coefficient (Wildman–Crippen LogP) is 2.22. The van der Waals surface area contributed by atoms with Crippen LogP contribution in [0.5, 0.6) is 0 Å². The summed E-state index contributed by atoms with van der Waals surface area (Å²) in [4.78, 5) is 23.2. The Labute approximate surface area is 125 Å². The first-order chi connectivity index (χ1) is 9.60. The van der Waals surface area contributed by atoms with Gasteiger partial charge in [-0.1, -0.05) is 29.8 Å². The SMILES string of the molecule is Cc1ccc(C(C(=O)OC(C)(C)C)[C@H](N)CC(=O)O)cc1. The lowest BCUT2D eigenvalue weighted by Gasteiger charge is -2.27. The van der Waals surface area contributed by atoms with Gasteiger partial charge in [0.05, 0.1) is 12.3 Å². The molecule has 1 rings (SSSR count). The monoisotopic (exact) mass is 293 g/mol. The molecule has 0 radical (unpaired) electrons. The lowest BCUT2D eigenvalue weighted by Crippen LogP contribution is -2.39. The highest BCUT2D eigenvalue weighted by Crippen LogP contribution is 2.25. The van der Waals surface area contributed by atoms with Gasteiger partial charge in [-0.15, -0.1) is 0 Å². The molecule has 21 heavy (non-hydrogen) atoms. The molecule has 0 aliphatic rings. The normalized spacial score (nSPS) is 14.3. The van der Waals surface area contributed by atoms with Crippen LogP contribution in [0, 0.1) is 6.92 Å². The number of carbonyl (C=O) groups is 2. The van der Waals surface area contributed by atoms with E-state index in [2.05, 4.69) is 0 Å². The van der Waals surface area contributed by atoms with Crippen molar-refractivity contribution in [2.24, 2.45) is 5.73 Å². The van der Waals surface area contributed by atoms with E-state index in [1.807, 2.05) is 19.1 Å². The number of carboxylic acid groups (broad SMARTS) is 1. The number of hydrogen-bond acceptors (Lipinski definition) is 4. The number of esters is 1. The molecule has 1 aromatic rings. The van der Waals surface area contributed by atoms with E-state index in [0.29, 0.717) is 5.56 Å². The first kappa shape index (κ1) is 17.2. The van der Waals surface area contributed by atoms with E-state index < -0.39 is 29.5 Å². The number of ether oxygens (including phenoxy) is 1. The molecule has 5 nitrogen and oxygen atoms in total. The molecule has 0 saturated heterocycles. The summed E-state index contributed by atoms with van der Waals surface area (Å²) in [5, 5.41) is 8.91.